The third-order valence-corrected chi connectivity index (χ3v) is 2.53. The van der Waals surface area contributed by atoms with Crippen molar-refractivity contribution in [3.05, 3.63) is 0 Å². The summed E-state index contributed by atoms with van der Waals surface area (Å²) in [6.07, 6.45) is -1.41. The van der Waals surface area contributed by atoms with Crippen molar-refractivity contribution >= 4 is 12.1 Å². The van der Waals surface area contributed by atoms with Gasteiger partial charge in [0.05, 0.1) is 19.3 Å². The van der Waals surface area contributed by atoms with Gasteiger partial charge in [-0.15, -0.1) is 0 Å². The quantitative estimate of drug-likeness (QED) is 0.741. The van der Waals surface area contributed by atoms with Crippen LogP contribution in [0, 0.1) is 5.92 Å². The van der Waals surface area contributed by atoms with Crippen LogP contribution in [-0.2, 0) is 14.3 Å². The highest BCUT2D eigenvalue weighted by Crippen LogP contribution is 2.21. The lowest BCUT2D eigenvalue weighted by molar-refractivity contribution is -0.150. The highest BCUT2D eigenvalue weighted by atomic mass is 16.6. The monoisotopic (exact) mass is 259 g/mol. The number of hydrogen-bond acceptors (Lipinski definition) is 5. The second kappa shape index (κ2) is 5.56. The van der Waals surface area contributed by atoms with E-state index in [0.717, 1.165) is 0 Å². The van der Waals surface area contributed by atoms with Gasteiger partial charge in [-0.25, -0.2) is 4.79 Å². The number of hydrogen-bond donors (Lipinski definition) is 1. The molecular weight excluding hydrogens is 238 g/mol. The molecule has 0 aliphatic carbocycles. The summed E-state index contributed by atoms with van der Waals surface area (Å²) in [5.41, 5.74) is -0.593. The molecule has 6 nitrogen and oxygen atoms in total. The third kappa shape index (κ3) is 3.87. The zero-order chi connectivity index (χ0) is 13.9. The van der Waals surface area contributed by atoms with Gasteiger partial charge < -0.3 is 19.5 Å². The van der Waals surface area contributed by atoms with Crippen molar-refractivity contribution in [1.29, 1.82) is 0 Å². The summed E-state index contributed by atoms with van der Waals surface area (Å²) in [4.78, 5) is 24.7. The van der Waals surface area contributed by atoms with Crippen LogP contribution in [0.25, 0.3) is 0 Å². The van der Waals surface area contributed by atoms with Gasteiger partial charge in [0.1, 0.15) is 11.5 Å². The average molecular weight is 259 g/mol. The first-order valence-electron chi connectivity index (χ1n) is 6.07. The number of aliphatic hydroxyl groups is 1. The lowest BCUT2D eigenvalue weighted by atomic mass is 10.1. The molecule has 1 aliphatic rings. The van der Waals surface area contributed by atoms with Gasteiger partial charge in [0.15, 0.2) is 0 Å². The van der Waals surface area contributed by atoms with Crippen LogP contribution in [0.15, 0.2) is 0 Å². The number of likely N-dealkylation sites (tertiary alicyclic amines) is 1. The number of ether oxygens (including phenoxy) is 2. The van der Waals surface area contributed by atoms with Crippen molar-refractivity contribution in [3.63, 3.8) is 0 Å². The number of carbonyl (C=O) groups is 2. The van der Waals surface area contributed by atoms with Crippen LogP contribution in [0.5, 0.6) is 0 Å². The van der Waals surface area contributed by atoms with E-state index < -0.39 is 29.7 Å². The number of rotatable bonds is 2. The van der Waals surface area contributed by atoms with Crippen molar-refractivity contribution in [2.45, 2.75) is 39.4 Å². The fraction of sp³-hybridized carbons (Fsp3) is 0.833. The van der Waals surface area contributed by atoms with Crippen LogP contribution >= 0.6 is 0 Å². The molecule has 2 atom stereocenters. The minimum absolute atomic E-state index is 0.0956. The van der Waals surface area contributed by atoms with Crippen LogP contribution in [0.2, 0.25) is 0 Å². The highest BCUT2D eigenvalue weighted by molar-refractivity contribution is 5.76. The van der Waals surface area contributed by atoms with Crippen LogP contribution in [0.4, 0.5) is 4.79 Å². The summed E-state index contributed by atoms with van der Waals surface area (Å²) in [6.45, 7) is 7.48. The van der Waals surface area contributed by atoms with Crippen LogP contribution in [0.3, 0.4) is 0 Å². The largest absolute Gasteiger partial charge is 0.466 e. The normalized spacial score (nSPS) is 23.9. The topological polar surface area (TPSA) is 76.1 Å². The van der Waals surface area contributed by atoms with E-state index in [1.165, 1.54) is 4.90 Å². The van der Waals surface area contributed by atoms with Crippen molar-refractivity contribution in [2.75, 3.05) is 19.7 Å². The van der Waals surface area contributed by atoms with Crippen molar-refractivity contribution in [1.82, 2.24) is 4.90 Å². The molecule has 0 saturated carbocycles. The van der Waals surface area contributed by atoms with Crippen LogP contribution in [-0.4, -0.2) is 53.5 Å². The van der Waals surface area contributed by atoms with Gasteiger partial charge in [-0.05, 0) is 27.7 Å². The molecule has 1 rings (SSSR count). The predicted molar refractivity (Wildman–Crippen MR) is 63.9 cm³/mol. The number of nitrogens with zero attached hydrogens (tertiary/aromatic N) is 1. The van der Waals surface area contributed by atoms with E-state index in [4.69, 9.17) is 9.47 Å². The number of amides is 1. The van der Waals surface area contributed by atoms with E-state index in [1.54, 1.807) is 27.7 Å². The summed E-state index contributed by atoms with van der Waals surface area (Å²) in [7, 11) is 0. The SMILES string of the molecule is CCOC(=O)[C@H]1CN(C(=O)OC(C)(C)C)C[C@H]1O. The summed E-state index contributed by atoms with van der Waals surface area (Å²) in [5, 5.41) is 9.75. The highest BCUT2D eigenvalue weighted by Gasteiger charge is 2.40. The van der Waals surface area contributed by atoms with E-state index in [2.05, 4.69) is 0 Å². The second-order valence-corrected chi connectivity index (χ2v) is 5.31. The molecule has 0 unspecified atom stereocenters. The van der Waals surface area contributed by atoms with E-state index in [-0.39, 0.29) is 19.7 Å². The number of esters is 1. The Balaban J connectivity index is 2.58. The first-order valence-corrected chi connectivity index (χ1v) is 6.07. The van der Waals surface area contributed by atoms with Crippen molar-refractivity contribution in [3.8, 4) is 0 Å². The Bertz CT molecular complexity index is 323. The Morgan fingerprint density at radius 2 is 1.94 bits per heavy atom. The van der Waals surface area contributed by atoms with Gasteiger partial charge in [0, 0.05) is 6.54 Å². The number of β-amino-alcohol motifs (C(OH)–C–C–N with tert-alkyl or cyclic N) is 1. The lowest BCUT2D eigenvalue weighted by Crippen LogP contribution is -2.36. The molecule has 0 spiro atoms. The van der Waals surface area contributed by atoms with E-state index >= 15 is 0 Å². The predicted octanol–water partition coefficient (Wildman–Crippen LogP) is 0.777. The second-order valence-electron chi connectivity index (χ2n) is 5.31. The van der Waals surface area contributed by atoms with Gasteiger partial charge in [0.2, 0.25) is 0 Å². The Morgan fingerprint density at radius 1 is 1.33 bits per heavy atom. The zero-order valence-corrected chi connectivity index (χ0v) is 11.3. The maximum absolute atomic E-state index is 11.8. The average Bonchev–Trinajstić information content (AvgIpc) is 2.58. The summed E-state index contributed by atoms with van der Waals surface area (Å²) in [6, 6.07) is 0. The van der Waals surface area contributed by atoms with Crippen LogP contribution in [0.1, 0.15) is 27.7 Å². The van der Waals surface area contributed by atoms with Gasteiger partial charge in [-0.2, -0.15) is 0 Å². The molecule has 1 fully saturated rings. The first-order chi connectivity index (χ1) is 8.24. The fourth-order valence-electron chi connectivity index (χ4n) is 1.74. The Labute approximate surface area is 107 Å². The van der Waals surface area contributed by atoms with Crippen molar-refractivity contribution in [2.24, 2.45) is 5.92 Å². The van der Waals surface area contributed by atoms with E-state index in [0.29, 0.717) is 0 Å². The molecular formula is C12H21NO5. The molecule has 6 heteroatoms. The molecule has 0 radical (unpaired) electrons. The molecule has 18 heavy (non-hydrogen) atoms. The molecule has 0 bridgehead atoms. The van der Waals surface area contributed by atoms with Gasteiger partial charge in [0.25, 0.3) is 0 Å². The Hall–Kier alpha value is -1.30. The van der Waals surface area contributed by atoms with Crippen LogP contribution < -0.4 is 0 Å². The summed E-state index contributed by atoms with van der Waals surface area (Å²) in [5.74, 6) is -1.16. The van der Waals surface area contributed by atoms with Gasteiger partial charge in [-0.3, -0.25) is 4.79 Å². The maximum Gasteiger partial charge on any atom is 0.410 e. The standard InChI is InChI=1S/C12H21NO5/c1-5-17-10(15)8-6-13(7-9(8)14)11(16)18-12(2,3)4/h8-9,14H,5-7H2,1-4H3/t8-,9+/m0/s1. The molecule has 1 saturated heterocycles. The minimum atomic E-state index is -0.892. The molecule has 1 aliphatic heterocycles. The zero-order valence-electron chi connectivity index (χ0n) is 11.3. The Kier molecular flexibility index (Phi) is 4.56. The van der Waals surface area contributed by atoms with Crippen molar-refractivity contribution < 1.29 is 24.2 Å². The first kappa shape index (κ1) is 14.8. The van der Waals surface area contributed by atoms with E-state index in [9.17, 15) is 14.7 Å². The fourth-order valence-corrected chi connectivity index (χ4v) is 1.74. The van der Waals surface area contributed by atoms with E-state index in [1.807, 2.05) is 0 Å². The molecule has 104 valence electrons. The Morgan fingerprint density at radius 3 is 2.44 bits per heavy atom. The molecule has 1 amide bonds. The molecule has 0 aromatic rings. The third-order valence-electron chi connectivity index (χ3n) is 2.53. The van der Waals surface area contributed by atoms with Gasteiger partial charge in [-0.1, -0.05) is 0 Å². The summed E-state index contributed by atoms with van der Waals surface area (Å²) >= 11 is 0. The lowest BCUT2D eigenvalue weighted by Gasteiger charge is -2.24. The number of carbonyl (C=O) groups excluding carboxylic acids is 2. The molecule has 1 heterocycles. The smallest absolute Gasteiger partial charge is 0.410 e. The minimum Gasteiger partial charge on any atom is -0.466 e. The molecule has 0 aromatic carbocycles. The maximum atomic E-state index is 11.8. The summed E-state index contributed by atoms with van der Waals surface area (Å²) < 4.78 is 10.0. The van der Waals surface area contributed by atoms with Gasteiger partial charge >= 0.3 is 12.1 Å². The number of aliphatic hydroxyl groups excluding tert-OH is 1. The molecule has 0 aromatic heterocycles. The molecule has 1 N–H and O–H groups in total.